The molecular weight excluding hydrogens is 172 g/mol. The molecule has 1 saturated heterocycles. The maximum atomic E-state index is 6.02. The third-order valence-electron chi connectivity index (χ3n) is 4.82. The van der Waals surface area contributed by atoms with Gasteiger partial charge in [-0.3, -0.25) is 4.90 Å². The summed E-state index contributed by atoms with van der Waals surface area (Å²) in [7, 11) is 0. The zero-order valence-corrected chi connectivity index (χ0v) is 9.84. The Morgan fingerprint density at radius 1 is 1.50 bits per heavy atom. The first kappa shape index (κ1) is 10.4. The van der Waals surface area contributed by atoms with Crippen LogP contribution in [0, 0.1) is 11.3 Å². The minimum atomic E-state index is 0.262. The van der Waals surface area contributed by atoms with Gasteiger partial charge in [0.05, 0.1) is 0 Å². The molecule has 0 amide bonds. The van der Waals surface area contributed by atoms with Crippen molar-refractivity contribution < 1.29 is 0 Å². The fraction of sp³-hybridized carbons (Fsp3) is 1.00. The average molecular weight is 196 g/mol. The number of hydrogen-bond acceptors (Lipinski definition) is 2. The van der Waals surface area contributed by atoms with Crippen molar-refractivity contribution in [3.05, 3.63) is 0 Å². The highest BCUT2D eigenvalue weighted by molar-refractivity contribution is 5.10. The van der Waals surface area contributed by atoms with E-state index < -0.39 is 0 Å². The molecule has 2 rings (SSSR count). The summed E-state index contributed by atoms with van der Waals surface area (Å²) in [6, 6.07) is 0. The van der Waals surface area contributed by atoms with E-state index in [1.165, 1.54) is 32.4 Å². The van der Waals surface area contributed by atoms with E-state index in [2.05, 4.69) is 25.7 Å². The highest BCUT2D eigenvalue weighted by Gasteiger charge is 2.55. The monoisotopic (exact) mass is 196 g/mol. The molecule has 2 atom stereocenters. The predicted molar refractivity (Wildman–Crippen MR) is 60.2 cm³/mol. The van der Waals surface area contributed by atoms with Gasteiger partial charge in [0, 0.05) is 18.6 Å². The van der Waals surface area contributed by atoms with Crippen LogP contribution in [0.15, 0.2) is 0 Å². The molecular formula is C12H24N2. The smallest absolute Gasteiger partial charge is 0.0357 e. The van der Waals surface area contributed by atoms with Gasteiger partial charge in [0.1, 0.15) is 0 Å². The molecule has 0 radical (unpaired) electrons. The Morgan fingerprint density at radius 2 is 2.14 bits per heavy atom. The van der Waals surface area contributed by atoms with Crippen molar-refractivity contribution >= 4 is 0 Å². The third-order valence-corrected chi connectivity index (χ3v) is 4.82. The van der Waals surface area contributed by atoms with Crippen LogP contribution in [0.4, 0.5) is 0 Å². The lowest BCUT2D eigenvalue weighted by molar-refractivity contribution is 0.0678. The maximum absolute atomic E-state index is 6.02. The molecule has 0 spiro atoms. The lowest BCUT2D eigenvalue weighted by atomic mass is 9.82. The fourth-order valence-electron chi connectivity index (χ4n) is 2.87. The highest BCUT2D eigenvalue weighted by Crippen LogP contribution is 2.56. The molecule has 82 valence electrons. The van der Waals surface area contributed by atoms with Gasteiger partial charge in [-0.15, -0.1) is 0 Å². The van der Waals surface area contributed by atoms with Crippen molar-refractivity contribution in [2.24, 2.45) is 17.1 Å². The Hall–Kier alpha value is -0.0800. The first-order valence-electron chi connectivity index (χ1n) is 5.97. The Bertz CT molecular complexity index is 222. The third kappa shape index (κ3) is 1.40. The summed E-state index contributed by atoms with van der Waals surface area (Å²) in [4.78, 5) is 2.64. The van der Waals surface area contributed by atoms with Crippen molar-refractivity contribution in [2.45, 2.75) is 45.6 Å². The van der Waals surface area contributed by atoms with Gasteiger partial charge in [0.2, 0.25) is 0 Å². The molecule has 2 nitrogen and oxygen atoms in total. The molecule has 0 aromatic rings. The van der Waals surface area contributed by atoms with Crippen molar-refractivity contribution in [3.63, 3.8) is 0 Å². The molecule has 2 N–H and O–H groups in total. The predicted octanol–water partition coefficient (Wildman–Crippen LogP) is 1.85. The molecule has 0 aromatic carbocycles. The quantitative estimate of drug-likeness (QED) is 0.746. The molecule has 1 aliphatic heterocycles. The number of hydrogen-bond donors (Lipinski definition) is 1. The van der Waals surface area contributed by atoms with Crippen LogP contribution in [0.5, 0.6) is 0 Å². The van der Waals surface area contributed by atoms with Crippen molar-refractivity contribution in [3.8, 4) is 0 Å². The van der Waals surface area contributed by atoms with Gasteiger partial charge in [-0.1, -0.05) is 13.8 Å². The van der Waals surface area contributed by atoms with Crippen molar-refractivity contribution in [1.82, 2.24) is 4.90 Å². The van der Waals surface area contributed by atoms with Crippen LogP contribution in [0.25, 0.3) is 0 Å². The molecule has 1 saturated carbocycles. The Labute approximate surface area is 87.8 Å². The maximum Gasteiger partial charge on any atom is 0.0357 e. The SMILES string of the molecule is CC1CCN(C(C)(CN)C2(C)CC2)C1. The topological polar surface area (TPSA) is 29.3 Å². The van der Waals surface area contributed by atoms with Crippen LogP contribution in [0.3, 0.4) is 0 Å². The number of nitrogens with zero attached hydrogens (tertiary/aromatic N) is 1. The zero-order valence-electron chi connectivity index (χ0n) is 9.84. The van der Waals surface area contributed by atoms with Crippen LogP contribution < -0.4 is 5.73 Å². The zero-order chi connectivity index (χ0) is 10.4. The summed E-state index contributed by atoms with van der Waals surface area (Å²) in [6.07, 6.45) is 4.09. The van der Waals surface area contributed by atoms with Gasteiger partial charge < -0.3 is 5.73 Å². The van der Waals surface area contributed by atoms with Gasteiger partial charge in [-0.25, -0.2) is 0 Å². The number of likely N-dealkylation sites (tertiary alicyclic amines) is 1. The molecule has 2 fully saturated rings. The van der Waals surface area contributed by atoms with Gasteiger partial charge in [0.15, 0.2) is 0 Å². The molecule has 0 aromatic heterocycles. The first-order chi connectivity index (χ1) is 6.52. The summed E-state index contributed by atoms with van der Waals surface area (Å²) in [5, 5.41) is 0. The molecule has 1 aliphatic carbocycles. The number of nitrogens with two attached hydrogens (primary N) is 1. The van der Waals surface area contributed by atoms with E-state index in [9.17, 15) is 0 Å². The summed E-state index contributed by atoms with van der Waals surface area (Å²) < 4.78 is 0. The van der Waals surface area contributed by atoms with Crippen LogP contribution in [0.1, 0.15) is 40.0 Å². The van der Waals surface area contributed by atoms with Gasteiger partial charge >= 0.3 is 0 Å². The van der Waals surface area contributed by atoms with Gasteiger partial charge in [-0.05, 0) is 44.1 Å². The van der Waals surface area contributed by atoms with Crippen LogP contribution >= 0.6 is 0 Å². The minimum absolute atomic E-state index is 0.262. The molecule has 2 aliphatic rings. The molecule has 1 heterocycles. The van der Waals surface area contributed by atoms with E-state index >= 15 is 0 Å². The standard InChI is InChI=1S/C12H24N2/c1-10-4-7-14(8-10)12(3,9-13)11(2)5-6-11/h10H,4-9,13H2,1-3H3. The van der Waals surface area contributed by atoms with E-state index in [-0.39, 0.29) is 5.54 Å². The van der Waals surface area contributed by atoms with Crippen LogP contribution in [-0.2, 0) is 0 Å². The van der Waals surface area contributed by atoms with E-state index in [1.807, 2.05) is 0 Å². The van der Waals surface area contributed by atoms with Crippen LogP contribution in [-0.4, -0.2) is 30.1 Å². The molecule has 2 unspecified atom stereocenters. The van der Waals surface area contributed by atoms with E-state index in [1.54, 1.807) is 0 Å². The fourth-order valence-corrected chi connectivity index (χ4v) is 2.87. The summed E-state index contributed by atoms with van der Waals surface area (Å²) in [5.74, 6) is 0.864. The molecule has 2 heteroatoms. The van der Waals surface area contributed by atoms with Crippen molar-refractivity contribution in [2.75, 3.05) is 19.6 Å². The van der Waals surface area contributed by atoms with Gasteiger partial charge in [-0.2, -0.15) is 0 Å². The lowest BCUT2D eigenvalue weighted by Crippen LogP contribution is -2.56. The Kier molecular flexibility index (Phi) is 2.39. The van der Waals surface area contributed by atoms with E-state index in [0.717, 1.165) is 12.5 Å². The normalized spacial score (nSPS) is 35.6. The van der Waals surface area contributed by atoms with Crippen molar-refractivity contribution in [1.29, 1.82) is 0 Å². The summed E-state index contributed by atoms with van der Waals surface area (Å²) in [5.41, 5.74) is 6.78. The Balaban J connectivity index is 2.12. The average Bonchev–Trinajstić information content (AvgIpc) is 2.76. The largest absolute Gasteiger partial charge is 0.329 e. The second kappa shape index (κ2) is 3.21. The summed E-state index contributed by atoms with van der Waals surface area (Å²) in [6.45, 7) is 10.5. The second-order valence-electron chi connectivity index (χ2n) is 5.88. The lowest BCUT2D eigenvalue weighted by Gasteiger charge is -2.43. The van der Waals surface area contributed by atoms with E-state index in [0.29, 0.717) is 5.41 Å². The second-order valence-corrected chi connectivity index (χ2v) is 5.88. The van der Waals surface area contributed by atoms with E-state index in [4.69, 9.17) is 5.73 Å². The first-order valence-corrected chi connectivity index (χ1v) is 5.97. The van der Waals surface area contributed by atoms with Gasteiger partial charge in [0.25, 0.3) is 0 Å². The highest BCUT2D eigenvalue weighted by atomic mass is 15.2. The number of rotatable bonds is 3. The minimum Gasteiger partial charge on any atom is -0.329 e. The van der Waals surface area contributed by atoms with Crippen LogP contribution in [0.2, 0.25) is 0 Å². The summed E-state index contributed by atoms with van der Waals surface area (Å²) >= 11 is 0. The molecule has 14 heavy (non-hydrogen) atoms. The Morgan fingerprint density at radius 3 is 2.50 bits per heavy atom. The molecule has 0 bridgehead atoms.